The molecule has 1 aliphatic heterocycles. The number of carboxylic acids is 1. The third-order valence-electron chi connectivity index (χ3n) is 4.02. The molecule has 1 rings (SSSR count). The number of likely N-dealkylation sites (tertiary alicyclic amines) is 1. The molecule has 0 aromatic heterocycles. The van der Waals surface area contributed by atoms with Crippen LogP contribution in [0.4, 0.5) is 4.79 Å². The normalized spacial score (nSPS) is 23.2. The zero-order valence-corrected chi connectivity index (χ0v) is 13.0. The first-order chi connectivity index (χ1) is 10.0. The Morgan fingerprint density at radius 2 is 1.91 bits per heavy atom. The van der Waals surface area contributed by atoms with Crippen LogP contribution in [0.15, 0.2) is 0 Å². The minimum atomic E-state index is -1.50. The second-order valence-electron chi connectivity index (χ2n) is 6.19. The molecular formula is C13H24N4O5. The molecule has 0 unspecified atom stereocenters. The van der Waals surface area contributed by atoms with Gasteiger partial charge in [0.1, 0.15) is 12.1 Å². The second kappa shape index (κ2) is 6.49. The maximum Gasteiger partial charge on any atom is 0.422 e. The van der Waals surface area contributed by atoms with Gasteiger partial charge in [0.15, 0.2) is 0 Å². The summed E-state index contributed by atoms with van der Waals surface area (Å²) in [6, 6.07) is -2.34. The van der Waals surface area contributed by atoms with Crippen molar-refractivity contribution in [2.75, 3.05) is 6.54 Å². The van der Waals surface area contributed by atoms with Crippen molar-refractivity contribution in [3.63, 3.8) is 0 Å². The van der Waals surface area contributed by atoms with Gasteiger partial charge in [0.25, 0.3) is 0 Å². The molecule has 126 valence electrons. The Kier molecular flexibility index (Phi) is 5.36. The van der Waals surface area contributed by atoms with Crippen LogP contribution >= 0.6 is 0 Å². The first kappa shape index (κ1) is 18.2. The summed E-state index contributed by atoms with van der Waals surface area (Å²) in [6.07, 6.45) is -0.341. The van der Waals surface area contributed by atoms with Crippen LogP contribution in [-0.4, -0.2) is 62.3 Å². The molecule has 9 heteroatoms. The maximum absolute atomic E-state index is 12.7. The van der Waals surface area contributed by atoms with Crippen molar-refractivity contribution < 1.29 is 24.6 Å². The SMILES string of the molecule is CC[C@@H]1CCN(C(=O)[C@@H](N(N)C(=O)O)C(C)(C)N)[C@@H]1C(=O)O. The molecule has 0 radical (unpaired) electrons. The molecule has 0 saturated carbocycles. The van der Waals surface area contributed by atoms with E-state index in [1.165, 1.54) is 18.7 Å². The van der Waals surface area contributed by atoms with E-state index in [0.717, 1.165) is 0 Å². The van der Waals surface area contributed by atoms with E-state index in [0.29, 0.717) is 17.9 Å². The van der Waals surface area contributed by atoms with Gasteiger partial charge in [0.05, 0.1) is 0 Å². The lowest BCUT2D eigenvalue weighted by molar-refractivity contribution is -0.152. The van der Waals surface area contributed by atoms with Crippen LogP contribution in [0.2, 0.25) is 0 Å². The zero-order valence-electron chi connectivity index (χ0n) is 13.0. The molecule has 0 aliphatic carbocycles. The van der Waals surface area contributed by atoms with Crippen LogP contribution in [0.25, 0.3) is 0 Å². The Bertz CT molecular complexity index is 462. The van der Waals surface area contributed by atoms with Crippen molar-refractivity contribution in [1.82, 2.24) is 9.91 Å². The van der Waals surface area contributed by atoms with E-state index in [4.69, 9.17) is 16.7 Å². The van der Waals surface area contributed by atoms with Gasteiger partial charge < -0.3 is 20.8 Å². The van der Waals surface area contributed by atoms with Gasteiger partial charge in [-0.25, -0.2) is 20.4 Å². The summed E-state index contributed by atoms with van der Waals surface area (Å²) in [5.74, 6) is 3.51. The summed E-state index contributed by atoms with van der Waals surface area (Å²) in [7, 11) is 0. The van der Waals surface area contributed by atoms with Gasteiger partial charge in [0, 0.05) is 12.1 Å². The number of aliphatic carboxylic acids is 1. The molecule has 2 amide bonds. The predicted octanol–water partition coefficient (Wildman–Crippen LogP) is -0.342. The van der Waals surface area contributed by atoms with Crippen molar-refractivity contribution in [3.05, 3.63) is 0 Å². The first-order valence-corrected chi connectivity index (χ1v) is 7.11. The van der Waals surface area contributed by atoms with Crippen LogP contribution < -0.4 is 11.6 Å². The molecule has 0 aromatic rings. The topological polar surface area (TPSA) is 150 Å². The summed E-state index contributed by atoms with van der Waals surface area (Å²) < 4.78 is 0. The van der Waals surface area contributed by atoms with E-state index in [-0.39, 0.29) is 12.5 Å². The highest BCUT2D eigenvalue weighted by atomic mass is 16.4. The van der Waals surface area contributed by atoms with Crippen molar-refractivity contribution in [1.29, 1.82) is 0 Å². The molecule has 1 heterocycles. The van der Waals surface area contributed by atoms with Crippen LogP contribution in [0.3, 0.4) is 0 Å². The summed E-state index contributed by atoms with van der Waals surface area (Å²) >= 11 is 0. The molecular weight excluding hydrogens is 292 g/mol. The number of carboxylic acid groups (broad SMARTS) is 2. The molecule has 1 saturated heterocycles. The largest absolute Gasteiger partial charge is 0.480 e. The van der Waals surface area contributed by atoms with Gasteiger partial charge in [-0.1, -0.05) is 13.3 Å². The first-order valence-electron chi connectivity index (χ1n) is 7.11. The maximum atomic E-state index is 12.7. The van der Waals surface area contributed by atoms with E-state index in [2.05, 4.69) is 0 Å². The van der Waals surface area contributed by atoms with Crippen molar-refractivity contribution in [3.8, 4) is 0 Å². The standard InChI is InChI=1S/C13H24N4O5/c1-4-7-5-6-16(8(7)11(19)20)10(18)9(13(2,3)14)17(15)12(21)22/h7-9H,4-6,14-15H2,1-3H3,(H,19,20)(H,21,22)/t7-,8+,9-/m1/s1. The molecule has 1 aliphatic rings. The highest BCUT2D eigenvalue weighted by Gasteiger charge is 2.47. The lowest BCUT2D eigenvalue weighted by atomic mass is 9.93. The van der Waals surface area contributed by atoms with Gasteiger partial charge in [-0.05, 0) is 26.2 Å². The quantitative estimate of drug-likeness (QED) is 0.308. The minimum Gasteiger partial charge on any atom is -0.480 e. The number of amides is 2. The highest BCUT2D eigenvalue weighted by Crippen LogP contribution is 2.29. The average Bonchev–Trinajstić information content (AvgIpc) is 2.80. The lowest BCUT2D eigenvalue weighted by Crippen LogP contribution is -2.66. The fourth-order valence-electron chi connectivity index (χ4n) is 2.93. The second-order valence-corrected chi connectivity index (χ2v) is 6.19. The molecule has 3 atom stereocenters. The molecule has 6 N–H and O–H groups in total. The van der Waals surface area contributed by atoms with E-state index in [1.54, 1.807) is 0 Å². The van der Waals surface area contributed by atoms with Crippen LogP contribution in [-0.2, 0) is 9.59 Å². The summed E-state index contributed by atoms with van der Waals surface area (Å²) in [4.78, 5) is 36.5. The number of nitrogens with zero attached hydrogens (tertiary/aromatic N) is 2. The lowest BCUT2D eigenvalue weighted by Gasteiger charge is -2.38. The molecule has 9 nitrogen and oxygen atoms in total. The van der Waals surface area contributed by atoms with Crippen molar-refractivity contribution >= 4 is 18.0 Å². The molecule has 1 fully saturated rings. The van der Waals surface area contributed by atoms with E-state index >= 15 is 0 Å². The van der Waals surface area contributed by atoms with E-state index < -0.39 is 35.6 Å². The summed E-state index contributed by atoms with van der Waals surface area (Å²) in [5.41, 5.74) is 4.64. The number of hydrogen-bond acceptors (Lipinski definition) is 5. The average molecular weight is 316 g/mol. The number of carbonyl (C=O) groups excluding carboxylic acids is 1. The molecule has 0 spiro atoms. The Labute approximate surface area is 128 Å². The predicted molar refractivity (Wildman–Crippen MR) is 77.6 cm³/mol. The monoisotopic (exact) mass is 316 g/mol. The van der Waals surface area contributed by atoms with Crippen LogP contribution in [0, 0.1) is 5.92 Å². The Morgan fingerprint density at radius 3 is 2.27 bits per heavy atom. The number of rotatable bonds is 5. The number of carbonyl (C=O) groups is 3. The van der Waals surface area contributed by atoms with Gasteiger partial charge >= 0.3 is 12.1 Å². The van der Waals surface area contributed by atoms with Gasteiger partial charge in [0.2, 0.25) is 5.91 Å². The number of nitrogens with two attached hydrogens (primary N) is 2. The van der Waals surface area contributed by atoms with E-state index in [1.807, 2.05) is 6.92 Å². The summed E-state index contributed by atoms with van der Waals surface area (Å²) in [5, 5.41) is 18.8. The Hall–Kier alpha value is -1.87. The number of hydrazine groups is 1. The molecule has 22 heavy (non-hydrogen) atoms. The zero-order chi connectivity index (χ0) is 17.2. The van der Waals surface area contributed by atoms with Gasteiger partial charge in [-0.15, -0.1) is 0 Å². The fourth-order valence-corrected chi connectivity index (χ4v) is 2.93. The fraction of sp³-hybridized carbons (Fsp3) is 0.769. The van der Waals surface area contributed by atoms with Gasteiger partial charge in [-0.3, -0.25) is 4.79 Å². The van der Waals surface area contributed by atoms with Crippen LogP contribution in [0.5, 0.6) is 0 Å². The third kappa shape index (κ3) is 3.47. The number of hydrogen-bond donors (Lipinski definition) is 4. The van der Waals surface area contributed by atoms with Crippen molar-refractivity contribution in [2.45, 2.75) is 51.2 Å². The van der Waals surface area contributed by atoms with Crippen LogP contribution in [0.1, 0.15) is 33.6 Å². The molecule has 0 bridgehead atoms. The third-order valence-corrected chi connectivity index (χ3v) is 4.02. The molecule has 0 aromatic carbocycles. The smallest absolute Gasteiger partial charge is 0.422 e. The van der Waals surface area contributed by atoms with E-state index in [9.17, 15) is 19.5 Å². The highest BCUT2D eigenvalue weighted by molar-refractivity contribution is 5.90. The minimum absolute atomic E-state index is 0.168. The van der Waals surface area contributed by atoms with Gasteiger partial charge in [-0.2, -0.15) is 0 Å². The van der Waals surface area contributed by atoms with Crippen molar-refractivity contribution in [2.24, 2.45) is 17.5 Å². The Balaban J connectivity index is 3.14. The Morgan fingerprint density at radius 1 is 1.36 bits per heavy atom. The summed E-state index contributed by atoms with van der Waals surface area (Å²) in [6.45, 7) is 5.04.